The summed E-state index contributed by atoms with van der Waals surface area (Å²) in [4.78, 5) is 14.3. The monoisotopic (exact) mass is 345 g/mol. The largest absolute Gasteiger partial charge is 0.399 e. The zero-order valence-electron chi connectivity index (χ0n) is 14.1. The molecule has 1 aliphatic rings. The number of carbonyl (C=O) groups excluding carboxylic acids is 1. The third kappa shape index (κ3) is 3.96. The number of carbonyl (C=O) groups is 1. The third-order valence-corrected chi connectivity index (χ3v) is 4.66. The smallest absolute Gasteiger partial charge is 0.225 e. The van der Waals surface area contributed by atoms with E-state index in [0.29, 0.717) is 12.2 Å². The molecule has 0 radical (unpaired) electrons. The lowest BCUT2D eigenvalue weighted by Crippen LogP contribution is -2.36. The maximum atomic E-state index is 13.7. The van der Waals surface area contributed by atoms with Crippen molar-refractivity contribution in [1.29, 1.82) is 0 Å². The highest BCUT2D eigenvalue weighted by Crippen LogP contribution is 2.30. The van der Waals surface area contributed by atoms with Crippen molar-refractivity contribution in [3.63, 3.8) is 0 Å². The first-order chi connectivity index (χ1) is 11.9. The molecule has 1 unspecified atom stereocenters. The van der Waals surface area contributed by atoms with Gasteiger partial charge in [0, 0.05) is 31.2 Å². The Hall–Kier alpha value is -2.47. The zero-order chi connectivity index (χ0) is 18.0. The van der Waals surface area contributed by atoms with Gasteiger partial charge in [0.2, 0.25) is 5.91 Å². The number of fused-ring (bicyclic) bond motifs is 1. The van der Waals surface area contributed by atoms with E-state index < -0.39 is 5.82 Å². The van der Waals surface area contributed by atoms with Crippen LogP contribution in [0, 0.1) is 11.6 Å². The second-order valence-electron chi connectivity index (χ2n) is 6.34. The summed E-state index contributed by atoms with van der Waals surface area (Å²) in [7, 11) is 0. The van der Waals surface area contributed by atoms with Gasteiger partial charge in [0.25, 0.3) is 0 Å². The van der Waals surface area contributed by atoms with Crippen LogP contribution in [0.3, 0.4) is 0 Å². The van der Waals surface area contributed by atoms with Crippen molar-refractivity contribution in [2.45, 2.75) is 25.8 Å². The highest BCUT2D eigenvalue weighted by atomic mass is 19.1. The van der Waals surface area contributed by atoms with Gasteiger partial charge in [-0.25, -0.2) is 8.78 Å². The molecule has 1 amide bonds. The summed E-state index contributed by atoms with van der Waals surface area (Å²) in [5, 5.41) is 2.55. The van der Waals surface area contributed by atoms with Crippen LogP contribution in [-0.2, 0) is 11.2 Å². The minimum atomic E-state index is -0.515. The predicted octanol–water partition coefficient (Wildman–Crippen LogP) is 3.49. The van der Waals surface area contributed by atoms with Crippen LogP contribution < -0.4 is 11.1 Å². The average molecular weight is 345 g/mol. The lowest BCUT2D eigenvalue weighted by atomic mass is 9.93. The van der Waals surface area contributed by atoms with Crippen molar-refractivity contribution in [3.8, 4) is 0 Å². The van der Waals surface area contributed by atoms with Gasteiger partial charge in [-0.1, -0.05) is 6.07 Å². The molecule has 0 spiro atoms. The Bertz CT molecular complexity index is 794. The van der Waals surface area contributed by atoms with Gasteiger partial charge in [-0.15, -0.1) is 0 Å². The van der Waals surface area contributed by atoms with E-state index in [1.807, 2.05) is 13.0 Å². The summed E-state index contributed by atoms with van der Waals surface area (Å²) in [6.45, 7) is 3.33. The van der Waals surface area contributed by atoms with Crippen molar-refractivity contribution >= 4 is 17.3 Å². The Labute approximate surface area is 145 Å². The van der Waals surface area contributed by atoms with Crippen molar-refractivity contribution in [1.82, 2.24) is 4.90 Å². The number of nitrogens with zero attached hydrogens (tertiary/aromatic N) is 1. The Kier molecular flexibility index (Phi) is 4.99. The minimum Gasteiger partial charge on any atom is -0.399 e. The van der Waals surface area contributed by atoms with E-state index in [2.05, 4.69) is 10.2 Å². The van der Waals surface area contributed by atoms with Crippen LogP contribution in [0.15, 0.2) is 36.4 Å². The number of nitrogens with one attached hydrogen (secondary N) is 1. The molecule has 0 aromatic heterocycles. The second-order valence-corrected chi connectivity index (χ2v) is 6.34. The van der Waals surface area contributed by atoms with Crippen LogP contribution in [0.2, 0.25) is 0 Å². The van der Waals surface area contributed by atoms with E-state index in [9.17, 15) is 13.6 Å². The topological polar surface area (TPSA) is 58.4 Å². The van der Waals surface area contributed by atoms with Gasteiger partial charge >= 0.3 is 0 Å². The molecule has 0 saturated carbocycles. The molecule has 0 aliphatic carbocycles. The number of benzene rings is 2. The lowest BCUT2D eigenvalue weighted by molar-refractivity contribution is -0.116. The highest BCUT2D eigenvalue weighted by Gasteiger charge is 2.24. The van der Waals surface area contributed by atoms with Gasteiger partial charge in [-0.2, -0.15) is 0 Å². The molecule has 6 heteroatoms. The van der Waals surface area contributed by atoms with E-state index in [-0.39, 0.29) is 29.9 Å². The van der Waals surface area contributed by atoms with Gasteiger partial charge in [0.15, 0.2) is 0 Å². The Morgan fingerprint density at radius 1 is 1.28 bits per heavy atom. The standard InChI is InChI=1S/C19H21F2N3O/c1-12-16-10-14(20)3-2-13(16)6-8-24(12)9-7-19(25)23-18-11-15(22)4-5-17(18)21/h2-5,10-12H,6-9,22H2,1H3,(H,23,25). The van der Waals surface area contributed by atoms with Crippen molar-refractivity contribution in [3.05, 3.63) is 59.2 Å². The molecular weight excluding hydrogens is 324 g/mol. The maximum absolute atomic E-state index is 13.7. The van der Waals surface area contributed by atoms with Crippen LogP contribution in [0.4, 0.5) is 20.2 Å². The average Bonchev–Trinajstić information content (AvgIpc) is 2.58. The second kappa shape index (κ2) is 7.19. The Morgan fingerprint density at radius 3 is 2.88 bits per heavy atom. The summed E-state index contributed by atoms with van der Waals surface area (Å²) in [5.41, 5.74) is 8.20. The van der Waals surface area contributed by atoms with E-state index in [1.165, 1.54) is 24.3 Å². The molecule has 0 fully saturated rings. The third-order valence-electron chi connectivity index (χ3n) is 4.66. The fourth-order valence-corrected chi connectivity index (χ4v) is 3.24. The molecular formula is C19H21F2N3O. The number of rotatable bonds is 4. The quantitative estimate of drug-likeness (QED) is 0.834. The lowest BCUT2D eigenvalue weighted by Gasteiger charge is -2.35. The van der Waals surface area contributed by atoms with E-state index in [1.54, 1.807) is 6.07 Å². The Balaban J connectivity index is 1.60. The molecule has 3 rings (SSSR count). The number of halogens is 2. The summed E-state index contributed by atoms with van der Waals surface area (Å²) in [5.74, 6) is -1.04. The fraction of sp³-hybridized carbons (Fsp3) is 0.316. The minimum absolute atomic E-state index is 0.0383. The zero-order valence-corrected chi connectivity index (χ0v) is 14.1. The maximum Gasteiger partial charge on any atom is 0.225 e. The number of hydrogen-bond acceptors (Lipinski definition) is 3. The number of hydrogen-bond donors (Lipinski definition) is 2. The summed E-state index contributed by atoms with van der Waals surface area (Å²) in [6, 6.07) is 8.98. The summed E-state index contributed by atoms with van der Waals surface area (Å²) < 4.78 is 27.2. The SMILES string of the molecule is CC1c2cc(F)ccc2CCN1CCC(=O)Nc1cc(N)ccc1F. The van der Waals surface area contributed by atoms with Crippen molar-refractivity contribution in [2.24, 2.45) is 0 Å². The normalized spacial score (nSPS) is 17.2. The molecule has 2 aromatic rings. The number of anilines is 2. The van der Waals surface area contributed by atoms with Gasteiger partial charge in [-0.05, 0) is 54.8 Å². The van der Waals surface area contributed by atoms with Gasteiger partial charge < -0.3 is 11.1 Å². The van der Waals surface area contributed by atoms with Crippen LogP contribution in [-0.4, -0.2) is 23.9 Å². The van der Waals surface area contributed by atoms with E-state index in [4.69, 9.17) is 5.73 Å². The number of amides is 1. The molecule has 0 saturated heterocycles. The first-order valence-electron chi connectivity index (χ1n) is 8.31. The molecule has 132 valence electrons. The fourth-order valence-electron chi connectivity index (χ4n) is 3.24. The van der Waals surface area contributed by atoms with E-state index in [0.717, 1.165) is 24.1 Å². The molecule has 4 nitrogen and oxygen atoms in total. The highest BCUT2D eigenvalue weighted by molar-refractivity contribution is 5.91. The molecule has 0 bridgehead atoms. The summed E-state index contributed by atoms with van der Waals surface area (Å²) in [6.07, 6.45) is 1.05. The van der Waals surface area contributed by atoms with Crippen LogP contribution in [0.1, 0.15) is 30.5 Å². The van der Waals surface area contributed by atoms with Gasteiger partial charge in [0.1, 0.15) is 11.6 Å². The van der Waals surface area contributed by atoms with Crippen LogP contribution in [0.25, 0.3) is 0 Å². The summed E-state index contributed by atoms with van der Waals surface area (Å²) >= 11 is 0. The molecule has 1 aliphatic heterocycles. The number of nitrogens with two attached hydrogens (primary N) is 1. The van der Waals surface area contributed by atoms with Crippen molar-refractivity contribution < 1.29 is 13.6 Å². The first kappa shape index (κ1) is 17.4. The number of nitrogen functional groups attached to an aromatic ring is 1. The van der Waals surface area contributed by atoms with Crippen LogP contribution in [0.5, 0.6) is 0 Å². The molecule has 3 N–H and O–H groups in total. The molecule has 1 heterocycles. The Morgan fingerprint density at radius 2 is 2.08 bits per heavy atom. The van der Waals surface area contributed by atoms with Crippen LogP contribution >= 0.6 is 0 Å². The van der Waals surface area contributed by atoms with Gasteiger partial charge in [-0.3, -0.25) is 9.69 Å². The van der Waals surface area contributed by atoms with E-state index >= 15 is 0 Å². The predicted molar refractivity (Wildman–Crippen MR) is 94.2 cm³/mol. The van der Waals surface area contributed by atoms with Crippen molar-refractivity contribution in [2.75, 3.05) is 24.1 Å². The molecule has 1 atom stereocenters. The molecule has 25 heavy (non-hydrogen) atoms. The van der Waals surface area contributed by atoms with Gasteiger partial charge in [0.05, 0.1) is 5.69 Å². The first-order valence-corrected chi connectivity index (χ1v) is 8.31. The molecule has 2 aromatic carbocycles.